The Labute approximate surface area is 169 Å². The third-order valence-corrected chi connectivity index (χ3v) is 4.93. The minimum atomic E-state index is -0.449. The topological polar surface area (TPSA) is 96.2 Å². The molecule has 3 heterocycles. The number of hydrogen-bond acceptors (Lipinski definition) is 6. The smallest absolute Gasteiger partial charge is 0.257 e. The van der Waals surface area contributed by atoms with Gasteiger partial charge >= 0.3 is 0 Å². The SMILES string of the molecule is Cc1cc(C)cc(Nc2nccc(-n3cc(C(=O)N4CC[C@@H](O)C4)c(C)n3)n2)c1. The lowest BCUT2D eigenvalue weighted by atomic mass is 10.1. The molecule has 8 heteroatoms. The van der Waals surface area contributed by atoms with Gasteiger partial charge < -0.3 is 15.3 Å². The van der Waals surface area contributed by atoms with Gasteiger partial charge in [0.25, 0.3) is 5.91 Å². The molecule has 150 valence electrons. The molecule has 0 aliphatic carbocycles. The summed E-state index contributed by atoms with van der Waals surface area (Å²) >= 11 is 0. The van der Waals surface area contributed by atoms with Gasteiger partial charge in [-0.1, -0.05) is 6.07 Å². The van der Waals surface area contributed by atoms with Gasteiger partial charge in [-0.3, -0.25) is 4.79 Å². The van der Waals surface area contributed by atoms with Crippen LogP contribution in [0.3, 0.4) is 0 Å². The highest BCUT2D eigenvalue weighted by Crippen LogP contribution is 2.19. The van der Waals surface area contributed by atoms with Crippen molar-refractivity contribution in [3.05, 3.63) is 59.0 Å². The highest BCUT2D eigenvalue weighted by Gasteiger charge is 2.27. The molecule has 4 rings (SSSR count). The van der Waals surface area contributed by atoms with Gasteiger partial charge in [0, 0.05) is 37.2 Å². The zero-order chi connectivity index (χ0) is 20.5. The number of nitrogens with one attached hydrogen (secondary N) is 1. The lowest BCUT2D eigenvalue weighted by molar-refractivity contribution is 0.0764. The number of β-amino-alcohol motifs (C(OH)–C–C–N with tert-alkyl or cyclic N) is 1. The highest BCUT2D eigenvalue weighted by molar-refractivity contribution is 5.95. The van der Waals surface area contributed by atoms with Crippen molar-refractivity contribution in [2.24, 2.45) is 0 Å². The Morgan fingerprint density at radius 1 is 1.21 bits per heavy atom. The number of aliphatic hydroxyl groups is 1. The van der Waals surface area contributed by atoms with Gasteiger partial charge in [-0.25, -0.2) is 9.67 Å². The van der Waals surface area contributed by atoms with Crippen LogP contribution in [0, 0.1) is 20.8 Å². The molecule has 0 unspecified atom stereocenters. The lowest BCUT2D eigenvalue weighted by Gasteiger charge is -2.14. The molecule has 1 fully saturated rings. The first-order valence-corrected chi connectivity index (χ1v) is 9.61. The predicted octanol–water partition coefficient (Wildman–Crippen LogP) is 2.54. The van der Waals surface area contributed by atoms with E-state index in [-0.39, 0.29) is 5.91 Å². The van der Waals surface area contributed by atoms with Gasteiger partial charge in [0.1, 0.15) is 0 Å². The molecule has 8 nitrogen and oxygen atoms in total. The summed E-state index contributed by atoms with van der Waals surface area (Å²) < 4.78 is 1.59. The molecule has 2 N–H and O–H groups in total. The number of carbonyl (C=O) groups is 1. The average molecular weight is 392 g/mol. The van der Waals surface area contributed by atoms with E-state index in [2.05, 4.69) is 26.4 Å². The van der Waals surface area contributed by atoms with Gasteiger partial charge in [-0.15, -0.1) is 0 Å². The van der Waals surface area contributed by atoms with E-state index in [4.69, 9.17) is 0 Å². The molecule has 1 aliphatic heterocycles. The van der Waals surface area contributed by atoms with E-state index in [0.717, 1.165) is 16.8 Å². The highest BCUT2D eigenvalue weighted by atomic mass is 16.3. The fraction of sp³-hybridized carbons (Fsp3) is 0.333. The van der Waals surface area contributed by atoms with Crippen molar-refractivity contribution in [1.82, 2.24) is 24.6 Å². The Morgan fingerprint density at radius 3 is 2.66 bits per heavy atom. The van der Waals surface area contributed by atoms with Gasteiger partial charge in [0.05, 0.1) is 17.4 Å². The van der Waals surface area contributed by atoms with E-state index in [1.807, 2.05) is 26.0 Å². The van der Waals surface area contributed by atoms with Crippen LogP contribution >= 0.6 is 0 Å². The number of carbonyl (C=O) groups excluding carboxylic acids is 1. The molecular formula is C21H24N6O2. The zero-order valence-corrected chi connectivity index (χ0v) is 16.8. The van der Waals surface area contributed by atoms with Crippen LogP contribution in [0.15, 0.2) is 36.7 Å². The molecular weight excluding hydrogens is 368 g/mol. The molecule has 3 aromatic rings. The largest absolute Gasteiger partial charge is 0.391 e. The summed E-state index contributed by atoms with van der Waals surface area (Å²) in [6, 6.07) is 7.91. The van der Waals surface area contributed by atoms with E-state index in [9.17, 15) is 9.90 Å². The fourth-order valence-electron chi connectivity index (χ4n) is 3.60. The van der Waals surface area contributed by atoms with Crippen LogP contribution in [0.5, 0.6) is 0 Å². The number of amides is 1. The number of anilines is 2. The number of nitrogens with zero attached hydrogens (tertiary/aromatic N) is 5. The molecule has 2 aromatic heterocycles. The Morgan fingerprint density at radius 2 is 1.97 bits per heavy atom. The van der Waals surface area contributed by atoms with Crippen molar-refractivity contribution >= 4 is 17.5 Å². The van der Waals surface area contributed by atoms with Gasteiger partial charge in [-0.05, 0) is 50.5 Å². The first kappa shape index (κ1) is 19.1. The van der Waals surface area contributed by atoms with E-state index >= 15 is 0 Å². The molecule has 1 atom stereocenters. The average Bonchev–Trinajstić information content (AvgIpc) is 3.26. The van der Waals surface area contributed by atoms with Crippen LogP contribution in [-0.4, -0.2) is 54.9 Å². The summed E-state index contributed by atoms with van der Waals surface area (Å²) in [6.07, 6.45) is 3.50. The maximum Gasteiger partial charge on any atom is 0.257 e. The Balaban J connectivity index is 1.58. The van der Waals surface area contributed by atoms with Crippen LogP contribution in [0.1, 0.15) is 33.6 Å². The summed E-state index contributed by atoms with van der Waals surface area (Å²) in [5.41, 5.74) is 4.36. The molecule has 1 saturated heterocycles. The fourth-order valence-corrected chi connectivity index (χ4v) is 3.60. The van der Waals surface area contributed by atoms with Crippen molar-refractivity contribution in [3.8, 4) is 5.82 Å². The van der Waals surface area contributed by atoms with Crippen molar-refractivity contribution in [2.45, 2.75) is 33.3 Å². The normalized spacial score (nSPS) is 16.3. The molecule has 1 aromatic carbocycles. The Hall–Kier alpha value is -3.26. The second-order valence-electron chi connectivity index (χ2n) is 7.51. The lowest BCUT2D eigenvalue weighted by Crippen LogP contribution is -2.29. The van der Waals surface area contributed by atoms with Crippen LogP contribution in [0.25, 0.3) is 5.82 Å². The second-order valence-corrected chi connectivity index (χ2v) is 7.51. The first-order chi connectivity index (χ1) is 13.9. The van der Waals surface area contributed by atoms with Gasteiger partial charge in [-0.2, -0.15) is 10.1 Å². The van der Waals surface area contributed by atoms with Crippen LogP contribution in [0.2, 0.25) is 0 Å². The number of aryl methyl sites for hydroxylation is 3. The molecule has 1 aliphatic rings. The number of benzene rings is 1. The van der Waals surface area contributed by atoms with Crippen molar-refractivity contribution in [2.75, 3.05) is 18.4 Å². The summed E-state index contributed by atoms with van der Waals surface area (Å²) in [5.74, 6) is 0.902. The monoisotopic (exact) mass is 392 g/mol. The summed E-state index contributed by atoms with van der Waals surface area (Å²) in [6.45, 7) is 6.80. The number of likely N-dealkylation sites (tertiary alicyclic amines) is 1. The minimum absolute atomic E-state index is 0.118. The molecule has 1 amide bonds. The number of aromatic nitrogens is 4. The first-order valence-electron chi connectivity index (χ1n) is 9.61. The maximum atomic E-state index is 12.7. The van der Waals surface area contributed by atoms with Crippen LogP contribution in [0.4, 0.5) is 11.6 Å². The minimum Gasteiger partial charge on any atom is -0.391 e. The summed E-state index contributed by atoms with van der Waals surface area (Å²) in [4.78, 5) is 23.2. The third-order valence-electron chi connectivity index (χ3n) is 4.93. The van der Waals surface area contributed by atoms with Crippen molar-refractivity contribution in [3.63, 3.8) is 0 Å². The predicted molar refractivity (Wildman–Crippen MR) is 110 cm³/mol. The van der Waals surface area contributed by atoms with Gasteiger partial charge in [0.2, 0.25) is 5.95 Å². The van der Waals surface area contributed by atoms with Crippen LogP contribution in [-0.2, 0) is 0 Å². The second kappa shape index (κ2) is 7.63. The standard InChI is InChI=1S/C21H24N6O2/c1-13-8-14(2)10-16(9-13)23-21-22-6-4-19(24-21)27-12-18(15(3)25-27)20(29)26-7-5-17(28)11-26/h4,6,8-10,12,17,28H,5,7,11H2,1-3H3,(H,22,23,24)/t17-/m1/s1. The third kappa shape index (κ3) is 4.12. The van der Waals surface area contributed by atoms with Crippen molar-refractivity contribution in [1.29, 1.82) is 0 Å². The van der Waals surface area contributed by atoms with E-state index in [1.165, 1.54) is 0 Å². The van der Waals surface area contributed by atoms with E-state index in [0.29, 0.717) is 42.5 Å². The number of hydrogen-bond donors (Lipinski definition) is 2. The van der Waals surface area contributed by atoms with E-state index < -0.39 is 6.10 Å². The summed E-state index contributed by atoms with van der Waals surface area (Å²) in [5, 5.41) is 17.4. The summed E-state index contributed by atoms with van der Waals surface area (Å²) in [7, 11) is 0. The van der Waals surface area contributed by atoms with Crippen LogP contribution < -0.4 is 5.32 Å². The number of aliphatic hydroxyl groups excluding tert-OH is 1. The molecule has 29 heavy (non-hydrogen) atoms. The molecule has 0 saturated carbocycles. The maximum absolute atomic E-state index is 12.7. The zero-order valence-electron chi connectivity index (χ0n) is 16.8. The Bertz CT molecular complexity index is 1040. The number of rotatable bonds is 4. The molecule has 0 spiro atoms. The molecule has 0 radical (unpaired) electrons. The van der Waals surface area contributed by atoms with Crippen molar-refractivity contribution < 1.29 is 9.90 Å². The van der Waals surface area contributed by atoms with Gasteiger partial charge in [0.15, 0.2) is 5.82 Å². The molecule has 0 bridgehead atoms. The van der Waals surface area contributed by atoms with E-state index in [1.54, 1.807) is 35.0 Å². The Kier molecular flexibility index (Phi) is 5.02. The quantitative estimate of drug-likeness (QED) is 0.708.